The standard InChI is InChI=1S/C23H40N4O5S/c1-15(2)32-23(29)25-12-16(3)27(17(4)28)21-8-7-18(10-22(21)25)19-11-24-26(13-19)20-6-5-9-33(30,31)14-20/h15-16,18-22,24H,5-14H2,1-4H3/t16-,18?,19?,20?,21?,22?/m0/s1. The molecule has 4 fully saturated rings. The molecule has 0 aromatic heterocycles. The number of hydrogen-bond donors (Lipinski definition) is 1. The maximum absolute atomic E-state index is 13.0. The average Bonchev–Trinajstić information content (AvgIpc) is 3.21. The third-order valence-electron chi connectivity index (χ3n) is 7.98. The third kappa shape index (κ3) is 5.32. The quantitative estimate of drug-likeness (QED) is 0.650. The van der Waals surface area contributed by atoms with Gasteiger partial charge in [0.2, 0.25) is 5.91 Å². The number of hydrazine groups is 1. The SMILES string of the molecule is CC(=O)N1C2CCC(C3CNN(C4CCCS(=O)(=O)C4)C3)CC2N(C(=O)OC(C)C)C[C@@H]1C. The fourth-order valence-corrected chi connectivity index (χ4v) is 8.27. The summed E-state index contributed by atoms with van der Waals surface area (Å²) in [5, 5.41) is 2.16. The number of hydrogen-bond acceptors (Lipinski definition) is 7. The third-order valence-corrected chi connectivity index (χ3v) is 9.79. The highest BCUT2D eigenvalue weighted by Crippen LogP contribution is 2.40. The Morgan fingerprint density at radius 3 is 2.48 bits per heavy atom. The van der Waals surface area contributed by atoms with Crippen LogP contribution >= 0.6 is 0 Å². The monoisotopic (exact) mass is 484 g/mol. The number of fused-ring (bicyclic) bond motifs is 1. The van der Waals surface area contributed by atoms with Crippen LogP contribution in [0.15, 0.2) is 0 Å². The molecule has 4 aliphatic rings. The summed E-state index contributed by atoms with van der Waals surface area (Å²) in [6, 6.07) is -0.00128. The molecule has 3 aliphatic heterocycles. The summed E-state index contributed by atoms with van der Waals surface area (Å²) in [5.41, 5.74) is 3.48. The van der Waals surface area contributed by atoms with Crippen LogP contribution in [0.3, 0.4) is 0 Å². The van der Waals surface area contributed by atoms with E-state index in [1.165, 1.54) is 0 Å². The Morgan fingerprint density at radius 1 is 1.06 bits per heavy atom. The molecular weight excluding hydrogens is 444 g/mol. The smallest absolute Gasteiger partial charge is 0.410 e. The first-order valence-electron chi connectivity index (χ1n) is 12.5. The van der Waals surface area contributed by atoms with Crippen molar-refractivity contribution >= 4 is 21.8 Å². The molecule has 33 heavy (non-hydrogen) atoms. The van der Waals surface area contributed by atoms with Gasteiger partial charge in [-0.25, -0.2) is 18.2 Å². The number of piperazine rings is 1. The van der Waals surface area contributed by atoms with Gasteiger partial charge >= 0.3 is 6.09 Å². The largest absolute Gasteiger partial charge is 0.447 e. The fraction of sp³-hybridized carbons (Fsp3) is 0.913. The van der Waals surface area contributed by atoms with E-state index in [4.69, 9.17) is 4.74 Å². The van der Waals surface area contributed by atoms with Gasteiger partial charge in [0.25, 0.3) is 0 Å². The van der Waals surface area contributed by atoms with Crippen LogP contribution in [0.25, 0.3) is 0 Å². The zero-order chi connectivity index (χ0) is 23.9. The summed E-state index contributed by atoms with van der Waals surface area (Å²) in [5.74, 6) is 1.44. The second-order valence-corrected chi connectivity index (χ2v) is 13.0. The first-order valence-corrected chi connectivity index (χ1v) is 14.3. The number of rotatable bonds is 3. The molecule has 4 rings (SSSR count). The highest BCUT2D eigenvalue weighted by Gasteiger charge is 2.48. The number of carbonyl (C=O) groups is 2. The van der Waals surface area contributed by atoms with Crippen molar-refractivity contribution in [1.29, 1.82) is 0 Å². The Kier molecular flexibility index (Phi) is 7.27. The van der Waals surface area contributed by atoms with Crippen molar-refractivity contribution in [3.63, 3.8) is 0 Å². The predicted octanol–water partition coefficient (Wildman–Crippen LogP) is 1.63. The Labute approximate surface area is 198 Å². The molecule has 5 unspecified atom stereocenters. The lowest BCUT2D eigenvalue weighted by atomic mass is 9.73. The van der Waals surface area contributed by atoms with Gasteiger partial charge in [0.15, 0.2) is 9.84 Å². The maximum atomic E-state index is 13.0. The molecular formula is C23H40N4O5S. The van der Waals surface area contributed by atoms with Crippen molar-refractivity contribution in [3.8, 4) is 0 Å². The molecule has 3 saturated heterocycles. The molecule has 2 amide bonds. The molecule has 1 N–H and O–H groups in total. The van der Waals surface area contributed by atoms with E-state index in [1.807, 2.05) is 30.6 Å². The molecule has 0 bridgehead atoms. The molecule has 10 heteroatoms. The van der Waals surface area contributed by atoms with Crippen LogP contribution in [0.5, 0.6) is 0 Å². The Morgan fingerprint density at radius 2 is 1.82 bits per heavy atom. The summed E-state index contributed by atoms with van der Waals surface area (Å²) in [6.45, 7) is 9.52. The lowest BCUT2D eigenvalue weighted by Crippen LogP contribution is -2.67. The minimum absolute atomic E-state index is 0.0242. The fourth-order valence-electron chi connectivity index (χ4n) is 6.56. The minimum Gasteiger partial charge on any atom is -0.447 e. The van der Waals surface area contributed by atoms with Gasteiger partial charge in [0, 0.05) is 38.6 Å². The van der Waals surface area contributed by atoms with Crippen molar-refractivity contribution in [2.45, 2.75) is 90.1 Å². The molecule has 0 spiro atoms. The Hall–Kier alpha value is -1.39. The second-order valence-electron chi connectivity index (χ2n) is 10.8. The van der Waals surface area contributed by atoms with Gasteiger partial charge in [0.05, 0.1) is 29.7 Å². The molecule has 188 valence electrons. The van der Waals surface area contributed by atoms with Crippen LogP contribution in [-0.4, -0.2) is 96.6 Å². The molecule has 9 nitrogen and oxygen atoms in total. The van der Waals surface area contributed by atoms with Crippen molar-refractivity contribution in [1.82, 2.24) is 20.2 Å². The van der Waals surface area contributed by atoms with E-state index in [9.17, 15) is 18.0 Å². The normalized spacial score (nSPS) is 37.1. The lowest BCUT2D eigenvalue weighted by Gasteiger charge is -2.54. The molecule has 6 atom stereocenters. The molecule has 0 radical (unpaired) electrons. The number of ether oxygens (including phenoxy) is 1. The first kappa shape index (κ1) is 24.7. The maximum Gasteiger partial charge on any atom is 0.410 e. The zero-order valence-electron chi connectivity index (χ0n) is 20.4. The van der Waals surface area contributed by atoms with E-state index in [1.54, 1.807) is 6.92 Å². The molecule has 1 aliphatic carbocycles. The van der Waals surface area contributed by atoms with Gasteiger partial charge in [0.1, 0.15) is 0 Å². The Balaban J connectivity index is 1.46. The van der Waals surface area contributed by atoms with Crippen molar-refractivity contribution in [3.05, 3.63) is 0 Å². The zero-order valence-corrected chi connectivity index (χ0v) is 21.2. The van der Waals surface area contributed by atoms with Crippen LogP contribution in [0.1, 0.15) is 59.8 Å². The highest BCUT2D eigenvalue weighted by molar-refractivity contribution is 7.91. The van der Waals surface area contributed by atoms with E-state index in [2.05, 4.69) is 10.4 Å². The number of carbonyl (C=O) groups excluding carboxylic acids is 2. The minimum atomic E-state index is -2.95. The first-order chi connectivity index (χ1) is 15.6. The van der Waals surface area contributed by atoms with Gasteiger partial charge in [-0.15, -0.1) is 0 Å². The van der Waals surface area contributed by atoms with Gasteiger partial charge in [-0.3, -0.25) is 10.2 Å². The molecule has 0 aromatic rings. The second kappa shape index (κ2) is 9.70. The molecule has 1 saturated carbocycles. The van der Waals surface area contributed by atoms with Crippen LogP contribution < -0.4 is 5.43 Å². The lowest BCUT2D eigenvalue weighted by molar-refractivity contribution is -0.142. The van der Waals surface area contributed by atoms with Crippen molar-refractivity contribution < 1.29 is 22.7 Å². The van der Waals surface area contributed by atoms with Crippen LogP contribution in [-0.2, 0) is 19.4 Å². The summed E-state index contributed by atoms with van der Waals surface area (Å²) in [7, 11) is -2.95. The van der Waals surface area contributed by atoms with E-state index in [0.717, 1.165) is 45.2 Å². The predicted molar refractivity (Wildman–Crippen MR) is 125 cm³/mol. The number of amides is 2. The van der Waals surface area contributed by atoms with Crippen LogP contribution in [0, 0.1) is 11.8 Å². The van der Waals surface area contributed by atoms with E-state index in [-0.39, 0.29) is 48.0 Å². The van der Waals surface area contributed by atoms with Gasteiger partial charge < -0.3 is 14.5 Å². The average molecular weight is 485 g/mol. The molecule has 3 heterocycles. The Bertz CT molecular complexity index is 850. The summed E-state index contributed by atoms with van der Waals surface area (Å²) >= 11 is 0. The number of nitrogens with zero attached hydrogens (tertiary/aromatic N) is 3. The van der Waals surface area contributed by atoms with E-state index >= 15 is 0 Å². The van der Waals surface area contributed by atoms with Gasteiger partial charge in [-0.05, 0) is 64.7 Å². The number of sulfone groups is 1. The topological polar surface area (TPSA) is 99.3 Å². The summed E-state index contributed by atoms with van der Waals surface area (Å²) in [6.07, 6.45) is 3.90. The highest BCUT2D eigenvalue weighted by atomic mass is 32.2. The summed E-state index contributed by atoms with van der Waals surface area (Å²) in [4.78, 5) is 29.3. The van der Waals surface area contributed by atoms with E-state index in [0.29, 0.717) is 24.1 Å². The van der Waals surface area contributed by atoms with Gasteiger partial charge in [-0.1, -0.05) is 0 Å². The van der Waals surface area contributed by atoms with Crippen molar-refractivity contribution in [2.75, 3.05) is 31.1 Å². The van der Waals surface area contributed by atoms with Crippen LogP contribution in [0.2, 0.25) is 0 Å². The summed E-state index contributed by atoms with van der Waals surface area (Å²) < 4.78 is 29.8. The van der Waals surface area contributed by atoms with Crippen LogP contribution in [0.4, 0.5) is 4.79 Å². The van der Waals surface area contributed by atoms with Crippen molar-refractivity contribution in [2.24, 2.45) is 11.8 Å². The van der Waals surface area contributed by atoms with Gasteiger partial charge in [-0.2, -0.15) is 0 Å². The molecule has 0 aromatic carbocycles. The van der Waals surface area contributed by atoms with E-state index < -0.39 is 9.84 Å². The number of nitrogens with one attached hydrogen (secondary N) is 1.